The van der Waals surface area contributed by atoms with Crippen LogP contribution in [0.15, 0.2) is 35.3 Å². The number of hydrogen-bond acceptors (Lipinski definition) is 4. The number of methoxy groups -OCH3 is 1. The van der Waals surface area contributed by atoms with Crippen molar-refractivity contribution >= 4 is 11.9 Å². The molecule has 0 aliphatic carbocycles. The van der Waals surface area contributed by atoms with Crippen LogP contribution in [0, 0.1) is 0 Å². The summed E-state index contributed by atoms with van der Waals surface area (Å²) in [4.78, 5) is 16.2. The lowest BCUT2D eigenvalue weighted by Crippen LogP contribution is -2.36. The van der Waals surface area contributed by atoms with Crippen LogP contribution in [0.25, 0.3) is 0 Å². The molecular formula is C12H13NO3. The van der Waals surface area contributed by atoms with E-state index in [0.717, 1.165) is 5.56 Å². The molecule has 16 heavy (non-hydrogen) atoms. The molecule has 1 unspecified atom stereocenters. The highest BCUT2D eigenvalue weighted by Crippen LogP contribution is 2.32. The molecule has 0 spiro atoms. The third-order valence-electron chi connectivity index (χ3n) is 2.61. The van der Waals surface area contributed by atoms with Crippen LogP contribution in [0.1, 0.15) is 12.5 Å². The van der Waals surface area contributed by atoms with Crippen LogP contribution in [-0.2, 0) is 19.8 Å². The Morgan fingerprint density at radius 2 is 2.12 bits per heavy atom. The Hall–Kier alpha value is -1.84. The Balaban J connectivity index is 2.49. The molecule has 4 heteroatoms. The fraction of sp³-hybridized carbons (Fsp3) is 0.333. The van der Waals surface area contributed by atoms with E-state index in [0.29, 0.717) is 5.90 Å². The molecular weight excluding hydrogens is 206 g/mol. The topological polar surface area (TPSA) is 47.9 Å². The van der Waals surface area contributed by atoms with E-state index in [1.54, 1.807) is 6.92 Å². The van der Waals surface area contributed by atoms with Gasteiger partial charge in [-0.1, -0.05) is 30.3 Å². The third kappa shape index (κ3) is 1.56. The number of carbonyl (C=O) groups excluding carboxylic acids is 1. The van der Waals surface area contributed by atoms with Gasteiger partial charge in [0.15, 0.2) is 5.90 Å². The number of carbonyl (C=O) groups is 1. The first-order chi connectivity index (χ1) is 7.69. The maximum absolute atomic E-state index is 11.9. The zero-order chi connectivity index (χ0) is 11.6. The summed E-state index contributed by atoms with van der Waals surface area (Å²) in [5, 5.41) is 0. The van der Waals surface area contributed by atoms with Gasteiger partial charge in [-0.15, -0.1) is 0 Å². The van der Waals surface area contributed by atoms with Gasteiger partial charge in [0.05, 0.1) is 7.11 Å². The Morgan fingerprint density at radius 1 is 1.44 bits per heavy atom. The highest BCUT2D eigenvalue weighted by atomic mass is 16.5. The number of rotatable bonds is 2. The Labute approximate surface area is 93.9 Å². The number of benzene rings is 1. The standard InChI is InChI=1S/C12H13NO3/c1-9-13-12(8-16-9,11(14)15-2)10-6-4-3-5-7-10/h3-7H,8H2,1-2H3. The number of esters is 1. The second-order valence-corrected chi connectivity index (χ2v) is 3.64. The summed E-state index contributed by atoms with van der Waals surface area (Å²) in [7, 11) is 1.36. The van der Waals surface area contributed by atoms with Crippen LogP contribution in [0.4, 0.5) is 0 Å². The summed E-state index contributed by atoms with van der Waals surface area (Å²) >= 11 is 0. The van der Waals surface area contributed by atoms with Crippen molar-refractivity contribution in [2.45, 2.75) is 12.5 Å². The molecule has 0 fully saturated rings. The van der Waals surface area contributed by atoms with Crippen LogP contribution in [-0.4, -0.2) is 25.6 Å². The fourth-order valence-electron chi connectivity index (χ4n) is 1.80. The smallest absolute Gasteiger partial charge is 0.342 e. The minimum absolute atomic E-state index is 0.204. The fourth-order valence-corrected chi connectivity index (χ4v) is 1.80. The highest BCUT2D eigenvalue weighted by Gasteiger charge is 2.46. The van der Waals surface area contributed by atoms with E-state index in [2.05, 4.69) is 4.99 Å². The van der Waals surface area contributed by atoms with Crippen molar-refractivity contribution in [3.8, 4) is 0 Å². The average molecular weight is 219 g/mol. The molecule has 1 aromatic carbocycles. The molecule has 0 bridgehead atoms. The Kier molecular flexibility index (Phi) is 2.64. The van der Waals surface area contributed by atoms with Gasteiger partial charge >= 0.3 is 5.97 Å². The predicted octanol–water partition coefficient (Wildman–Crippen LogP) is 1.50. The maximum atomic E-state index is 11.9. The van der Waals surface area contributed by atoms with Gasteiger partial charge in [0, 0.05) is 6.92 Å². The van der Waals surface area contributed by atoms with Crippen molar-refractivity contribution in [3.05, 3.63) is 35.9 Å². The molecule has 1 atom stereocenters. The van der Waals surface area contributed by atoms with Crippen LogP contribution in [0.5, 0.6) is 0 Å². The quantitative estimate of drug-likeness (QED) is 0.708. The van der Waals surface area contributed by atoms with E-state index < -0.39 is 11.5 Å². The van der Waals surface area contributed by atoms with E-state index in [4.69, 9.17) is 9.47 Å². The van der Waals surface area contributed by atoms with Gasteiger partial charge < -0.3 is 9.47 Å². The number of nitrogens with zero attached hydrogens (tertiary/aromatic N) is 1. The van der Waals surface area contributed by atoms with Crippen molar-refractivity contribution in [1.29, 1.82) is 0 Å². The predicted molar refractivity (Wildman–Crippen MR) is 59.2 cm³/mol. The average Bonchev–Trinajstić information content (AvgIpc) is 2.73. The lowest BCUT2D eigenvalue weighted by Gasteiger charge is -2.21. The van der Waals surface area contributed by atoms with Gasteiger partial charge in [-0.3, -0.25) is 0 Å². The monoisotopic (exact) mass is 219 g/mol. The number of ether oxygens (including phenoxy) is 2. The van der Waals surface area contributed by atoms with E-state index in [1.165, 1.54) is 7.11 Å². The summed E-state index contributed by atoms with van der Waals surface area (Å²) in [6.45, 7) is 1.93. The van der Waals surface area contributed by atoms with E-state index in [1.807, 2.05) is 30.3 Å². The molecule has 1 heterocycles. The molecule has 1 aliphatic rings. The molecule has 0 saturated heterocycles. The second kappa shape index (κ2) is 3.96. The summed E-state index contributed by atoms with van der Waals surface area (Å²) in [6.07, 6.45) is 0. The van der Waals surface area contributed by atoms with Crippen LogP contribution < -0.4 is 0 Å². The van der Waals surface area contributed by atoms with Crippen LogP contribution >= 0.6 is 0 Å². The molecule has 0 radical (unpaired) electrons. The molecule has 0 amide bonds. The number of hydrogen-bond donors (Lipinski definition) is 0. The Bertz CT molecular complexity index is 427. The molecule has 0 saturated carbocycles. The van der Waals surface area contributed by atoms with Crippen molar-refractivity contribution in [1.82, 2.24) is 0 Å². The van der Waals surface area contributed by atoms with Crippen molar-refractivity contribution in [2.75, 3.05) is 13.7 Å². The lowest BCUT2D eigenvalue weighted by molar-refractivity contribution is -0.147. The SMILES string of the molecule is COC(=O)C1(c2ccccc2)COC(C)=N1. The van der Waals surface area contributed by atoms with Gasteiger partial charge in [-0.2, -0.15) is 0 Å². The first-order valence-corrected chi connectivity index (χ1v) is 5.02. The molecule has 0 aromatic heterocycles. The van der Waals surface area contributed by atoms with Gasteiger partial charge in [0.1, 0.15) is 6.61 Å². The van der Waals surface area contributed by atoms with Crippen LogP contribution in [0.3, 0.4) is 0 Å². The van der Waals surface area contributed by atoms with E-state index in [9.17, 15) is 4.79 Å². The van der Waals surface area contributed by atoms with Crippen molar-refractivity contribution < 1.29 is 14.3 Å². The summed E-state index contributed by atoms with van der Waals surface area (Å²) in [6, 6.07) is 9.32. The summed E-state index contributed by atoms with van der Waals surface area (Å²) < 4.78 is 10.1. The molecule has 2 rings (SSSR count). The van der Waals surface area contributed by atoms with Gasteiger partial charge in [-0.05, 0) is 5.56 Å². The zero-order valence-corrected chi connectivity index (χ0v) is 9.27. The Morgan fingerprint density at radius 3 is 2.62 bits per heavy atom. The summed E-state index contributed by atoms with van der Waals surface area (Å²) in [5.41, 5.74) is -0.237. The number of aliphatic imine (C=N–C) groups is 1. The van der Waals surface area contributed by atoms with Crippen LogP contribution in [0.2, 0.25) is 0 Å². The largest absolute Gasteiger partial charge is 0.478 e. The summed E-state index contributed by atoms with van der Waals surface area (Å²) in [5.74, 6) is 0.116. The highest BCUT2D eigenvalue weighted by molar-refractivity contribution is 5.89. The van der Waals surface area contributed by atoms with E-state index in [-0.39, 0.29) is 6.61 Å². The zero-order valence-electron chi connectivity index (χ0n) is 9.27. The second-order valence-electron chi connectivity index (χ2n) is 3.64. The molecule has 0 N–H and O–H groups in total. The normalized spacial score (nSPS) is 23.5. The molecule has 84 valence electrons. The first-order valence-electron chi connectivity index (χ1n) is 5.02. The van der Waals surface area contributed by atoms with Gasteiger partial charge in [0.25, 0.3) is 0 Å². The lowest BCUT2D eigenvalue weighted by atomic mass is 9.92. The van der Waals surface area contributed by atoms with Crippen molar-refractivity contribution in [3.63, 3.8) is 0 Å². The molecule has 1 aromatic rings. The van der Waals surface area contributed by atoms with Gasteiger partial charge in [0.2, 0.25) is 5.54 Å². The van der Waals surface area contributed by atoms with Gasteiger partial charge in [-0.25, -0.2) is 9.79 Å². The molecule has 1 aliphatic heterocycles. The van der Waals surface area contributed by atoms with E-state index >= 15 is 0 Å². The maximum Gasteiger partial charge on any atom is 0.342 e. The van der Waals surface area contributed by atoms with Crippen molar-refractivity contribution in [2.24, 2.45) is 4.99 Å². The third-order valence-corrected chi connectivity index (χ3v) is 2.61. The minimum atomic E-state index is -1.03. The minimum Gasteiger partial charge on any atom is -0.478 e. The molecule has 4 nitrogen and oxygen atoms in total. The first kappa shape index (κ1) is 10.7.